The zero-order chi connectivity index (χ0) is 25.1. The molecule has 0 fully saturated rings. The molecule has 0 saturated carbocycles. The summed E-state index contributed by atoms with van der Waals surface area (Å²) in [6.45, 7) is 0. The largest absolute Gasteiger partial charge is 0.0616 e. The Morgan fingerprint density at radius 2 is 0.579 bits per heavy atom. The second-order valence-corrected chi connectivity index (χ2v) is 10.2. The molecular formula is C38H24. The van der Waals surface area contributed by atoms with E-state index in [9.17, 15) is 0 Å². The van der Waals surface area contributed by atoms with Gasteiger partial charge >= 0.3 is 0 Å². The van der Waals surface area contributed by atoms with E-state index in [-0.39, 0.29) is 0 Å². The summed E-state index contributed by atoms with van der Waals surface area (Å²) in [7, 11) is 0. The van der Waals surface area contributed by atoms with Gasteiger partial charge in [-0.25, -0.2) is 0 Å². The van der Waals surface area contributed by atoms with E-state index in [2.05, 4.69) is 146 Å². The molecule has 0 radical (unpaired) electrons. The normalized spacial score (nSPS) is 11.7. The van der Waals surface area contributed by atoms with Gasteiger partial charge in [0, 0.05) is 0 Å². The Bertz CT molecular complexity index is 1920. The fourth-order valence-electron chi connectivity index (χ4n) is 6.21. The molecule has 0 N–H and O–H groups in total. The van der Waals surface area contributed by atoms with Crippen molar-refractivity contribution in [3.63, 3.8) is 0 Å². The summed E-state index contributed by atoms with van der Waals surface area (Å²) in [5.74, 6) is 0. The monoisotopic (exact) mass is 480 g/mol. The molecule has 8 aromatic carbocycles. The SMILES string of the molecule is c1ccc2c(-c3ccc4ccc(-c5c6ccccc6cc6ccccc56)cc4c3)c3ccccc3cc2c1. The Labute approximate surface area is 221 Å². The van der Waals surface area contributed by atoms with E-state index < -0.39 is 0 Å². The fourth-order valence-corrected chi connectivity index (χ4v) is 6.21. The molecule has 0 atom stereocenters. The standard InChI is InChI=1S/C38H24/c1-5-13-33-26(9-1)21-27-10-2-6-14-34(27)37(33)30-19-17-25-18-20-31(24-32(25)23-30)38-35-15-7-3-11-28(35)22-29-12-4-8-16-36(29)38/h1-24H. The van der Waals surface area contributed by atoms with Crippen molar-refractivity contribution in [3.8, 4) is 22.3 Å². The van der Waals surface area contributed by atoms with Gasteiger partial charge in [-0.1, -0.05) is 121 Å². The van der Waals surface area contributed by atoms with E-state index in [0.29, 0.717) is 0 Å². The first-order chi connectivity index (χ1) is 18.8. The molecule has 0 aliphatic heterocycles. The van der Waals surface area contributed by atoms with Crippen LogP contribution < -0.4 is 0 Å². The van der Waals surface area contributed by atoms with Crippen LogP contribution >= 0.6 is 0 Å². The molecule has 0 amide bonds. The molecule has 0 saturated heterocycles. The molecule has 0 unspecified atom stereocenters. The topological polar surface area (TPSA) is 0 Å². The van der Waals surface area contributed by atoms with Gasteiger partial charge in [0.05, 0.1) is 0 Å². The second-order valence-electron chi connectivity index (χ2n) is 10.2. The summed E-state index contributed by atoms with van der Waals surface area (Å²) >= 11 is 0. The van der Waals surface area contributed by atoms with Crippen LogP contribution in [0.2, 0.25) is 0 Å². The molecule has 8 aromatic rings. The van der Waals surface area contributed by atoms with Crippen molar-refractivity contribution in [1.29, 1.82) is 0 Å². The van der Waals surface area contributed by atoms with Crippen molar-refractivity contribution >= 4 is 53.9 Å². The number of rotatable bonds is 2. The molecule has 0 heterocycles. The van der Waals surface area contributed by atoms with Crippen molar-refractivity contribution in [1.82, 2.24) is 0 Å². The van der Waals surface area contributed by atoms with Crippen LogP contribution in [-0.4, -0.2) is 0 Å². The van der Waals surface area contributed by atoms with E-state index in [1.807, 2.05) is 0 Å². The first-order valence-corrected chi connectivity index (χ1v) is 13.2. The Morgan fingerprint density at radius 3 is 0.947 bits per heavy atom. The Balaban J connectivity index is 1.41. The molecule has 8 rings (SSSR count). The average molecular weight is 481 g/mol. The third kappa shape index (κ3) is 3.24. The van der Waals surface area contributed by atoms with Gasteiger partial charge in [0.15, 0.2) is 0 Å². The van der Waals surface area contributed by atoms with Crippen LogP contribution in [0, 0.1) is 0 Å². The molecule has 0 aliphatic carbocycles. The van der Waals surface area contributed by atoms with Crippen LogP contribution in [0.15, 0.2) is 146 Å². The van der Waals surface area contributed by atoms with Crippen molar-refractivity contribution in [2.45, 2.75) is 0 Å². The quantitative estimate of drug-likeness (QED) is 0.216. The first kappa shape index (κ1) is 21.2. The molecule has 0 nitrogen and oxygen atoms in total. The molecule has 38 heavy (non-hydrogen) atoms. The summed E-state index contributed by atoms with van der Waals surface area (Å²) in [5.41, 5.74) is 5.12. The van der Waals surface area contributed by atoms with E-state index >= 15 is 0 Å². The summed E-state index contributed by atoms with van der Waals surface area (Å²) in [6, 6.07) is 53.4. The molecule has 176 valence electrons. The van der Waals surface area contributed by atoms with Gasteiger partial charge in [0.2, 0.25) is 0 Å². The third-order valence-corrected chi connectivity index (χ3v) is 7.96. The van der Waals surface area contributed by atoms with Crippen LogP contribution in [0.25, 0.3) is 76.1 Å². The minimum absolute atomic E-state index is 1.26. The number of benzene rings is 8. The summed E-state index contributed by atoms with van der Waals surface area (Å²) < 4.78 is 0. The maximum atomic E-state index is 2.38. The molecule has 0 bridgehead atoms. The summed E-state index contributed by atoms with van der Waals surface area (Å²) in [6.07, 6.45) is 0. The lowest BCUT2D eigenvalue weighted by atomic mass is 9.89. The molecule has 0 heteroatoms. The number of hydrogen-bond donors (Lipinski definition) is 0. The number of hydrogen-bond acceptors (Lipinski definition) is 0. The van der Waals surface area contributed by atoms with Gasteiger partial charge in [-0.3, -0.25) is 0 Å². The van der Waals surface area contributed by atoms with Crippen molar-refractivity contribution < 1.29 is 0 Å². The average Bonchev–Trinajstić information content (AvgIpc) is 2.98. The van der Waals surface area contributed by atoms with Crippen LogP contribution in [0.5, 0.6) is 0 Å². The maximum absolute atomic E-state index is 2.38. The van der Waals surface area contributed by atoms with Crippen molar-refractivity contribution in [2.24, 2.45) is 0 Å². The van der Waals surface area contributed by atoms with Crippen LogP contribution in [0.3, 0.4) is 0 Å². The fraction of sp³-hybridized carbons (Fsp3) is 0. The van der Waals surface area contributed by atoms with Gasteiger partial charge in [0.25, 0.3) is 0 Å². The van der Waals surface area contributed by atoms with Gasteiger partial charge in [-0.15, -0.1) is 0 Å². The highest BCUT2D eigenvalue weighted by Gasteiger charge is 2.13. The molecule has 0 aliphatic rings. The summed E-state index contributed by atoms with van der Waals surface area (Å²) in [4.78, 5) is 0. The lowest BCUT2D eigenvalue weighted by Crippen LogP contribution is -1.88. The Hall–Kier alpha value is -4.94. The van der Waals surface area contributed by atoms with Gasteiger partial charge < -0.3 is 0 Å². The molecule has 0 aromatic heterocycles. The second kappa shape index (κ2) is 8.30. The van der Waals surface area contributed by atoms with E-state index in [4.69, 9.17) is 0 Å². The highest BCUT2D eigenvalue weighted by Crippen LogP contribution is 2.40. The minimum Gasteiger partial charge on any atom is -0.0616 e. The first-order valence-electron chi connectivity index (χ1n) is 13.2. The van der Waals surface area contributed by atoms with Crippen molar-refractivity contribution in [2.75, 3.05) is 0 Å². The van der Waals surface area contributed by atoms with Crippen LogP contribution in [-0.2, 0) is 0 Å². The van der Waals surface area contributed by atoms with Gasteiger partial charge in [-0.2, -0.15) is 0 Å². The predicted octanol–water partition coefficient (Wildman–Crippen LogP) is 10.8. The molecular weight excluding hydrogens is 456 g/mol. The lowest BCUT2D eigenvalue weighted by molar-refractivity contribution is 1.68. The smallest absolute Gasteiger partial charge is 0.00266 e. The Kier molecular flexibility index (Phi) is 4.62. The van der Waals surface area contributed by atoms with Gasteiger partial charge in [-0.05, 0) is 100 Å². The lowest BCUT2D eigenvalue weighted by Gasteiger charge is -2.15. The molecule has 0 spiro atoms. The Morgan fingerprint density at radius 1 is 0.237 bits per heavy atom. The van der Waals surface area contributed by atoms with Crippen LogP contribution in [0.1, 0.15) is 0 Å². The van der Waals surface area contributed by atoms with E-state index in [1.54, 1.807) is 0 Å². The zero-order valence-electron chi connectivity index (χ0n) is 20.9. The third-order valence-electron chi connectivity index (χ3n) is 7.96. The summed E-state index contributed by atoms with van der Waals surface area (Å²) in [5, 5.41) is 12.8. The van der Waals surface area contributed by atoms with Gasteiger partial charge in [0.1, 0.15) is 0 Å². The predicted molar refractivity (Wildman–Crippen MR) is 165 cm³/mol. The van der Waals surface area contributed by atoms with Crippen molar-refractivity contribution in [3.05, 3.63) is 146 Å². The zero-order valence-corrected chi connectivity index (χ0v) is 20.9. The highest BCUT2D eigenvalue weighted by atomic mass is 14.2. The maximum Gasteiger partial charge on any atom is -0.00266 e. The van der Waals surface area contributed by atoms with E-state index in [1.165, 1.54) is 76.1 Å². The number of fused-ring (bicyclic) bond motifs is 5. The van der Waals surface area contributed by atoms with E-state index in [0.717, 1.165) is 0 Å². The highest BCUT2D eigenvalue weighted by molar-refractivity contribution is 6.15. The minimum atomic E-state index is 1.26. The van der Waals surface area contributed by atoms with Crippen LogP contribution in [0.4, 0.5) is 0 Å².